The predicted octanol–water partition coefficient (Wildman–Crippen LogP) is 1.75. The molecule has 2 aromatic rings. The van der Waals surface area contributed by atoms with Crippen LogP contribution in [-0.4, -0.2) is 22.9 Å². The van der Waals surface area contributed by atoms with Gasteiger partial charge < -0.3 is 4.74 Å². The summed E-state index contributed by atoms with van der Waals surface area (Å²) < 4.78 is 7.96. The summed E-state index contributed by atoms with van der Waals surface area (Å²) >= 11 is 3.40. The van der Waals surface area contributed by atoms with Gasteiger partial charge in [0.05, 0.1) is 17.7 Å². The fourth-order valence-electron chi connectivity index (χ4n) is 1.98. The largest absolute Gasteiger partial charge is 0.342 e. The standard InChI is InChI=1S/C11H9BrN4O/c12-10-8-3-1-2-7(6-13)9(8)16(15-10)11-14-4-5-17-11/h1-3,11,14H,4-5H2. The molecule has 3 rings (SSSR count). The Kier molecular flexibility index (Phi) is 2.59. The molecule has 0 spiro atoms. The van der Waals surface area contributed by atoms with E-state index < -0.39 is 0 Å². The lowest BCUT2D eigenvalue weighted by Gasteiger charge is -2.11. The lowest BCUT2D eigenvalue weighted by atomic mass is 10.1. The third-order valence-corrected chi connectivity index (χ3v) is 3.31. The number of nitrogens with zero attached hydrogens (tertiary/aromatic N) is 3. The summed E-state index contributed by atoms with van der Waals surface area (Å²) in [5.74, 6) is 0. The summed E-state index contributed by atoms with van der Waals surface area (Å²) in [6.45, 7) is 1.44. The first kappa shape index (κ1) is 10.7. The maximum atomic E-state index is 9.14. The van der Waals surface area contributed by atoms with Crippen LogP contribution in [0.5, 0.6) is 0 Å². The zero-order valence-corrected chi connectivity index (χ0v) is 10.4. The Morgan fingerprint density at radius 1 is 1.59 bits per heavy atom. The van der Waals surface area contributed by atoms with E-state index in [1.807, 2.05) is 12.1 Å². The number of para-hydroxylation sites is 1. The van der Waals surface area contributed by atoms with E-state index in [0.29, 0.717) is 12.2 Å². The predicted molar refractivity (Wildman–Crippen MR) is 65.1 cm³/mol. The molecule has 1 saturated heterocycles. The zero-order chi connectivity index (χ0) is 11.8. The van der Waals surface area contributed by atoms with Crippen molar-refractivity contribution in [1.82, 2.24) is 15.1 Å². The molecule has 0 saturated carbocycles. The molecule has 0 amide bonds. The van der Waals surface area contributed by atoms with Crippen LogP contribution in [0.15, 0.2) is 22.8 Å². The van der Waals surface area contributed by atoms with Crippen molar-refractivity contribution >= 4 is 26.8 Å². The second-order valence-corrected chi connectivity index (χ2v) is 4.48. The second kappa shape index (κ2) is 4.11. The number of hydrogen-bond acceptors (Lipinski definition) is 4. The van der Waals surface area contributed by atoms with Gasteiger partial charge in [-0.25, -0.2) is 4.68 Å². The fraction of sp³-hybridized carbons (Fsp3) is 0.273. The van der Waals surface area contributed by atoms with Crippen molar-refractivity contribution in [3.05, 3.63) is 28.4 Å². The molecule has 5 nitrogen and oxygen atoms in total. The van der Waals surface area contributed by atoms with Gasteiger partial charge >= 0.3 is 0 Å². The van der Waals surface area contributed by atoms with Crippen molar-refractivity contribution in [2.45, 2.75) is 6.35 Å². The van der Waals surface area contributed by atoms with Crippen LogP contribution in [0.25, 0.3) is 10.9 Å². The number of benzene rings is 1. The van der Waals surface area contributed by atoms with Crippen LogP contribution in [0.4, 0.5) is 0 Å². The van der Waals surface area contributed by atoms with Gasteiger partial charge in [0.25, 0.3) is 0 Å². The first-order chi connectivity index (χ1) is 8.31. The molecular weight excluding hydrogens is 284 g/mol. The molecule has 1 aromatic heterocycles. The smallest absolute Gasteiger partial charge is 0.206 e. The van der Waals surface area contributed by atoms with Gasteiger partial charge in [-0.1, -0.05) is 6.07 Å². The molecule has 0 bridgehead atoms. The first-order valence-electron chi connectivity index (χ1n) is 5.23. The highest BCUT2D eigenvalue weighted by Crippen LogP contribution is 2.28. The molecule has 17 heavy (non-hydrogen) atoms. The van der Waals surface area contributed by atoms with Gasteiger partial charge in [-0.3, -0.25) is 5.32 Å². The van der Waals surface area contributed by atoms with Crippen LogP contribution in [-0.2, 0) is 4.74 Å². The van der Waals surface area contributed by atoms with E-state index in [-0.39, 0.29) is 6.35 Å². The summed E-state index contributed by atoms with van der Waals surface area (Å²) in [6, 6.07) is 7.74. The van der Waals surface area contributed by atoms with Crippen molar-refractivity contribution in [3.8, 4) is 6.07 Å². The van der Waals surface area contributed by atoms with Crippen molar-refractivity contribution in [2.24, 2.45) is 0 Å². The number of rotatable bonds is 1. The van der Waals surface area contributed by atoms with Crippen LogP contribution in [0.2, 0.25) is 0 Å². The number of aromatic nitrogens is 2. The Morgan fingerprint density at radius 3 is 3.18 bits per heavy atom. The zero-order valence-electron chi connectivity index (χ0n) is 8.85. The van der Waals surface area contributed by atoms with Gasteiger partial charge in [-0.2, -0.15) is 10.4 Å². The van der Waals surface area contributed by atoms with Gasteiger partial charge in [-0.05, 0) is 28.1 Å². The van der Waals surface area contributed by atoms with E-state index in [0.717, 1.165) is 22.1 Å². The molecule has 6 heteroatoms. The monoisotopic (exact) mass is 292 g/mol. The molecular formula is C11H9BrN4O. The minimum absolute atomic E-state index is 0.293. The van der Waals surface area contributed by atoms with Crippen molar-refractivity contribution < 1.29 is 4.74 Å². The Hall–Kier alpha value is -1.42. The fourth-order valence-corrected chi connectivity index (χ4v) is 2.47. The molecule has 1 unspecified atom stereocenters. The van der Waals surface area contributed by atoms with Gasteiger partial charge in [-0.15, -0.1) is 0 Å². The molecule has 1 aliphatic rings. The Balaban J connectivity index is 2.27. The Morgan fingerprint density at radius 2 is 2.47 bits per heavy atom. The summed E-state index contributed by atoms with van der Waals surface area (Å²) in [4.78, 5) is 0. The first-order valence-corrected chi connectivity index (χ1v) is 6.02. The average molecular weight is 293 g/mol. The molecule has 86 valence electrons. The van der Waals surface area contributed by atoms with E-state index in [4.69, 9.17) is 10.00 Å². The maximum absolute atomic E-state index is 9.14. The van der Waals surface area contributed by atoms with Crippen LogP contribution in [0, 0.1) is 11.3 Å². The maximum Gasteiger partial charge on any atom is 0.206 e. The third kappa shape index (κ3) is 1.63. The number of nitrogens with one attached hydrogen (secondary N) is 1. The number of halogens is 1. The van der Waals surface area contributed by atoms with Crippen molar-refractivity contribution in [3.63, 3.8) is 0 Å². The topological polar surface area (TPSA) is 62.9 Å². The number of nitriles is 1. The van der Waals surface area contributed by atoms with Crippen LogP contribution >= 0.6 is 15.9 Å². The highest BCUT2D eigenvalue weighted by Gasteiger charge is 2.22. The third-order valence-electron chi connectivity index (χ3n) is 2.72. The summed E-state index contributed by atoms with van der Waals surface area (Å²) in [7, 11) is 0. The molecule has 0 aliphatic carbocycles. The Bertz CT molecular complexity index is 610. The minimum atomic E-state index is -0.293. The number of fused-ring (bicyclic) bond motifs is 1. The Labute approximate surface area is 106 Å². The van der Waals surface area contributed by atoms with E-state index in [9.17, 15) is 0 Å². The molecule has 1 N–H and O–H groups in total. The molecule has 1 aromatic carbocycles. The lowest BCUT2D eigenvalue weighted by Crippen LogP contribution is -2.22. The highest BCUT2D eigenvalue weighted by atomic mass is 79.9. The normalized spacial score (nSPS) is 19.6. The highest BCUT2D eigenvalue weighted by molar-refractivity contribution is 9.10. The van der Waals surface area contributed by atoms with Crippen LogP contribution in [0.1, 0.15) is 11.9 Å². The molecule has 1 aliphatic heterocycles. The van der Waals surface area contributed by atoms with E-state index in [2.05, 4.69) is 32.4 Å². The van der Waals surface area contributed by atoms with Crippen molar-refractivity contribution in [1.29, 1.82) is 5.26 Å². The van der Waals surface area contributed by atoms with Crippen LogP contribution in [0.3, 0.4) is 0 Å². The van der Waals surface area contributed by atoms with Gasteiger partial charge in [0.2, 0.25) is 6.35 Å². The molecule has 1 fully saturated rings. The molecule has 0 radical (unpaired) electrons. The minimum Gasteiger partial charge on any atom is -0.342 e. The van der Waals surface area contributed by atoms with Crippen molar-refractivity contribution in [2.75, 3.05) is 13.2 Å². The lowest BCUT2D eigenvalue weighted by molar-refractivity contribution is 0.0377. The van der Waals surface area contributed by atoms with Gasteiger partial charge in [0, 0.05) is 11.9 Å². The summed E-state index contributed by atoms with van der Waals surface area (Å²) in [6.07, 6.45) is -0.293. The van der Waals surface area contributed by atoms with Crippen LogP contribution < -0.4 is 5.32 Å². The van der Waals surface area contributed by atoms with Gasteiger partial charge in [0.1, 0.15) is 10.7 Å². The number of hydrogen-bond donors (Lipinski definition) is 1. The second-order valence-electron chi connectivity index (χ2n) is 3.73. The molecule has 2 heterocycles. The van der Waals surface area contributed by atoms with Gasteiger partial charge in [0.15, 0.2) is 0 Å². The SMILES string of the molecule is N#Cc1cccc2c(Br)nn(C3NCCO3)c12. The summed E-state index contributed by atoms with van der Waals surface area (Å²) in [5, 5.41) is 17.6. The summed E-state index contributed by atoms with van der Waals surface area (Å²) in [5.41, 5.74) is 1.39. The number of ether oxygens (including phenoxy) is 1. The van der Waals surface area contributed by atoms with E-state index >= 15 is 0 Å². The average Bonchev–Trinajstić information content (AvgIpc) is 2.97. The van der Waals surface area contributed by atoms with E-state index in [1.165, 1.54) is 0 Å². The quantitative estimate of drug-likeness (QED) is 0.870. The van der Waals surface area contributed by atoms with E-state index in [1.54, 1.807) is 10.7 Å². The molecule has 1 atom stereocenters.